The number of imidazole rings is 1. The number of nitrogens with zero attached hydrogens (tertiary/aromatic N) is 5. The number of nitriles is 1. The Bertz CT molecular complexity index is 802. The SMILES string of the molecule is CC(C)(C)c1nn2c(C#N)c(-c3ccccn3)nc2s1. The van der Waals surface area contributed by atoms with E-state index in [9.17, 15) is 5.26 Å². The van der Waals surface area contributed by atoms with Gasteiger partial charge < -0.3 is 0 Å². The van der Waals surface area contributed by atoms with Crippen LogP contribution in [0.1, 0.15) is 31.5 Å². The van der Waals surface area contributed by atoms with Crippen molar-refractivity contribution < 1.29 is 0 Å². The van der Waals surface area contributed by atoms with Crippen molar-refractivity contribution >= 4 is 16.3 Å². The van der Waals surface area contributed by atoms with E-state index in [0.29, 0.717) is 17.1 Å². The lowest BCUT2D eigenvalue weighted by atomic mass is 9.98. The van der Waals surface area contributed by atoms with Gasteiger partial charge in [-0.1, -0.05) is 38.2 Å². The molecule has 0 N–H and O–H groups in total. The Labute approximate surface area is 120 Å². The molecule has 0 saturated heterocycles. The molecule has 0 atom stereocenters. The van der Waals surface area contributed by atoms with Crippen LogP contribution in [-0.2, 0) is 5.41 Å². The third kappa shape index (κ3) is 1.96. The van der Waals surface area contributed by atoms with Crippen LogP contribution in [0.4, 0.5) is 0 Å². The monoisotopic (exact) mass is 283 g/mol. The summed E-state index contributed by atoms with van der Waals surface area (Å²) in [5, 5.41) is 14.9. The molecule has 0 aromatic carbocycles. The Kier molecular flexibility index (Phi) is 2.80. The summed E-state index contributed by atoms with van der Waals surface area (Å²) in [5.74, 6) is 0. The number of aromatic nitrogens is 4. The van der Waals surface area contributed by atoms with E-state index in [1.807, 2.05) is 18.2 Å². The van der Waals surface area contributed by atoms with Crippen molar-refractivity contribution in [3.63, 3.8) is 0 Å². The van der Waals surface area contributed by atoms with Crippen molar-refractivity contribution in [2.75, 3.05) is 0 Å². The molecule has 0 fully saturated rings. The molecule has 3 rings (SSSR count). The van der Waals surface area contributed by atoms with E-state index in [0.717, 1.165) is 9.97 Å². The van der Waals surface area contributed by atoms with E-state index < -0.39 is 0 Å². The van der Waals surface area contributed by atoms with Gasteiger partial charge in [-0.05, 0) is 12.1 Å². The summed E-state index contributed by atoms with van der Waals surface area (Å²) in [6.45, 7) is 6.28. The highest BCUT2D eigenvalue weighted by atomic mass is 32.1. The molecule has 0 bridgehead atoms. The van der Waals surface area contributed by atoms with Crippen LogP contribution in [0.25, 0.3) is 16.3 Å². The van der Waals surface area contributed by atoms with Crippen molar-refractivity contribution in [1.82, 2.24) is 19.6 Å². The van der Waals surface area contributed by atoms with Gasteiger partial charge >= 0.3 is 0 Å². The van der Waals surface area contributed by atoms with Crippen LogP contribution in [0.15, 0.2) is 24.4 Å². The van der Waals surface area contributed by atoms with Gasteiger partial charge in [-0.15, -0.1) is 0 Å². The molecule has 20 heavy (non-hydrogen) atoms. The fourth-order valence-electron chi connectivity index (χ4n) is 1.83. The number of rotatable bonds is 1. The van der Waals surface area contributed by atoms with E-state index in [2.05, 4.69) is 41.9 Å². The normalized spacial score (nSPS) is 11.7. The molecule has 3 heterocycles. The summed E-state index contributed by atoms with van der Waals surface area (Å²) >= 11 is 1.51. The zero-order valence-corrected chi connectivity index (χ0v) is 12.3. The Balaban J connectivity index is 2.23. The second kappa shape index (κ2) is 4.39. The van der Waals surface area contributed by atoms with Gasteiger partial charge in [0.15, 0.2) is 5.69 Å². The van der Waals surface area contributed by atoms with Crippen molar-refractivity contribution in [3.05, 3.63) is 35.1 Å². The predicted octanol–water partition coefficient (Wildman–Crippen LogP) is 3.02. The molecule has 3 aromatic rings. The standard InChI is InChI=1S/C14H13N5S/c1-14(2,3)12-18-19-10(8-15)11(17-13(19)20-12)9-6-4-5-7-16-9/h4-7H,1-3H3. The molecule has 0 aliphatic rings. The van der Waals surface area contributed by atoms with Crippen LogP contribution in [0, 0.1) is 11.3 Å². The Morgan fingerprint density at radius 3 is 2.70 bits per heavy atom. The third-order valence-corrected chi connectivity index (χ3v) is 4.19. The van der Waals surface area contributed by atoms with E-state index in [1.165, 1.54) is 11.3 Å². The summed E-state index contributed by atoms with van der Waals surface area (Å²) in [7, 11) is 0. The lowest BCUT2D eigenvalue weighted by molar-refractivity contribution is 0.573. The number of pyridine rings is 1. The molecule has 0 aliphatic carbocycles. The maximum Gasteiger partial charge on any atom is 0.214 e. The first-order valence-electron chi connectivity index (χ1n) is 6.22. The third-order valence-electron chi connectivity index (χ3n) is 2.86. The summed E-state index contributed by atoms with van der Waals surface area (Å²) in [4.78, 5) is 9.50. The number of fused-ring (bicyclic) bond motifs is 1. The lowest BCUT2D eigenvalue weighted by Gasteiger charge is -2.12. The molecule has 0 saturated carbocycles. The largest absolute Gasteiger partial charge is 0.255 e. The molecule has 100 valence electrons. The molecular formula is C14H13N5S. The van der Waals surface area contributed by atoms with E-state index in [-0.39, 0.29) is 5.41 Å². The van der Waals surface area contributed by atoms with E-state index >= 15 is 0 Å². The summed E-state index contributed by atoms with van der Waals surface area (Å²) in [6.07, 6.45) is 1.69. The minimum Gasteiger partial charge on any atom is -0.255 e. The highest BCUT2D eigenvalue weighted by Crippen LogP contribution is 2.30. The zero-order chi connectivity index (χ0) is 14.3. The maximum atomic E-state index is 9.40. The van der Waals surface area contributed by atoms with Crippen LogP contribution < -0.4 is 0 Å². The second-order valence-electron chi connectivity index (χ2n) is 5.49. The van der Waals surface area contributed by atoms with Crippen molar-refractivity contribution in [1.29, 1.82) is 5.26 Å². The fraction of sp³-hybridized carbons (Fsp3) is 0.286. The minimum atomic E-state index is -0.0523. The molecule has 0 radical (unpaired) electrons. The average Bonchev–Trinajstić information content (AvgIpc) is 2.96. The highest BCUT2D eigenvalue weighted by molar-refractivity contribution is 7.16. The average molecular weight is 283 g/mol. The van der Waals surface area contributed by atoms with Crippen LogP contribution in [0.5, 0.6) is 0 Å². The number of hydrogen-bond donors (Lipinski definition) is 0. The van der Waals surface area contributed by atoms with Gasteiger partial charge in [0.1, 0.15) is 16.8 Å². The molecule has 0 spiro atoms. The molecule has 0 unspecified atom stereocenters. The Morgan fingerprint density at radius 2 is 2.10 bits per heavy atom. The number of hydrogen-bond acceptors (Lipinski definition) is 5. The molecule has 3 aromatic heterocycles. The predicted molar refractivity (Wildman–Crippen MR) is 77.5 cm³/mol. The van der Waals surface area contributed by atoms with E-state index in [1.54, 1.807) is 10.7 Å². The summed E-state index contributed by atoms with van der Waals surface area (Å²) in [6, 6.07) is 7.75. The summed E-state index contributed by atoms with van der Waals surface area (Å²) in [5.41, 5.74) is 1.67. The minimum absolute atomic E-state index is 0.0523. The Hall–Kier alpha value is -2.26. The van der Waals surface area contributed by atoms with Gasteiger partial charge in [0.05, 0.1) is 5.69 Å². The molecule has 5 nitrogen and oxygen atoms in total. The van der Waals surface area contributed by atoms with E-state index in [4.69, 9.17) is 0 Å². The van der Waals surface area contributed by atoms with Gasteiger partial charge in [-0.3, -0.25) is 4.98 Å². The van der Waals surface area contributed by atoms with Gasteiger partial charge in [-0.2, -0.15) is 14.9 Å². The van der Waals surface area contributed by atoms with Crippen molar-refractivity contribution in [2.45, 2.75) is 26.2 Å². The van der Waals surface area contributed by atoms with Gasteiger partial charge in [0.2, 0.25) is 4.96 Å². The first kappa shape index (κ1) is 12.8. The van der Waals surface area contributed by atoms with Crippen molar-refractivity contribution in [2.24, 2.45) is 0 Å². The molecule has 0 aliphatic heterocycles. The maximum absolute atomic E-state index is 9.40. The first-order chi connectivity index (χ1) is 9.50. The van der Waals surface area contributed by atoms with Gasteiger partial charge in [-0.25, -0.2) is 4.98 Å². The first-order valence-corrected chi connectivity index (χ1v) is 7.04. The lowest BCUT2D eigenvalue weighted by Crippen LogP contribution is -2.11. The smallest absolute Gasteiger partial charge is 0.214 e. The zero-order valence-electron chi connectivity index (χ0n) is 11.5. The topological polar surface area (TPSA) is 66.9 Å². The van der Waals surface area contributed by atoms with Crippen LogP contribution in [-0.4, -0.2) is 19.6 Å². The molecular weight excluding hydrogens is 270 g/mol. The molecule has 6 heteroatoms. The second-order valence-corrected chi connectivity index (χ2v) is 6.44. The van der Waals surface area contributed by atoms with Gasteiger partial charge in [0.25, 0.3) is 0 Å². The summed E-state index contributed by atoms with van der Waals surface area (Å²) < 4.78 is 1.62. The van der Waals surface area contributed by atoms with Crippen LogP contribution in [0.2, 0.25) is 0 Å². The quantitative estimate of drug-likeness (QED) is 0.688. The van der Waals surface area contributed by atoms with Crippen LogP contribution >= 0.6 is 11.3 Å². The van der Waals surface area contributed by atoms with Crippen molar-refractivity contribution in [3.8, 4) is 17.5 Å². The van der Waals surface area contributed by atoms with Crippen LogP contribution in [0.3, 0.4) is 0 Å². The van der Waals surface area contributed by atoms with Gasteiger partial charge in [0, 0.05) is 11.6 Å². The fourth-order valence-corrected chi connectivity index (χ4v) is 2.79. The Morgan fingerprint density at radius 1 is 1.30 bits per heavy atom. The molecule has 0 amide bonds. The highest BCUT2D eigenvalue weighted by Gasteiger charge is 2.23.